The molecule has 0 aliphatic rings. The Hall–Kier alpha value is -3.94. The lowest BCUT2D eigenvalue weighted by molar-refractivity contribution is -0.114. The molecule has 0 fully saturated rings. The van der Waals surface area contributed by atoms with E-state index in [2.05, 4.69) is 25.9 Å². The maximum absolute atomic E-state index is 12.5. The van der Waals surface area contributed by atoms with Gasteiger partial charge in [0.05, 0.1) is 6.61 Å². The SMILES string of the molecule is CCOc1ccc(NC(=O)c2ccnc(Nc3cccc(NC(C)=O)c3)n2)cc1. The molecule has 8 nitrogen and oxygen atoms in total. The van der Waals surface area contributed by atoms with Crippen molar-refractivity contribution in [3.05, 3.63) is 66.5 Å². The van der Waals surface area contributed by atoms with E-state index < -0.39 is 0 Å². The largest absolute Gasteiger partial charge is 0.494 e. The molecule has 0 atom stereocenters. The molecule has 1 heterocycles. The van der Waals surface area contributed by atoms with Gasteiger partial charge in [-0.05, 0) is 55.5 Å². The van der Waals surface area contributed by atoms with Gasteiger partial charge in [-0.1, -0.05) is 6.07 Å². The minimum atomic E-state index is -0.355. The highest BCUT2D eigenvalue weighted by Crippen LogP contribution is 2.19. The molecule has 0 aliphatic heterocycles. The number of nitrogens with zero attached hydrogens (tertiary/aromatic N) is 2. The second-order valence-corrected chi connectivity index (χ2v) is 6.06. The second-order valence-electron chi connectivity index (χ2n) is 6.06. The highest BCUT2D eigenvalue weighted by atomic mass is 16.5. The van der Waals surface area contributed by atoms with Crippen molar-refractivity contribution in [3.8, 4) is 5.75 Å². The fourth-order valence-electron chi connectivity index (χ4n) is 2.55. The smallest absolute Gasteiger partial charge is 0.274 e. The van der Waals surface area contributed by atoms with Crippen molar-refractivity contribution in [2.75, 3.05) is 22.6 Å². The summed E-state index contributed by atoms with van der Waals surface area (Å²) in [4.78, 5) is 32.1. The van der Waals surface area contributed by atoms with E-state index in [0.717, 1.165) is 5.75 Å². The number of hydrogen-bond acceptors (Lipinski definition) is 6. The summed E-state index contributed by atoms with van der Waals surface area (Å²) in [5.41, 5.74) is 2.18. The first kappa shape index (κ1) is 19.8. The highest BCUT2D eigenvalue weighted by Gasteiger charge is 2.10. The van der Waals surface area contributed by atoms with Crippen LogP contribution in [-0.4, -0.2) is 28.4 Å². The molecule has 0 unspecified atom stereocenters. The van der Waals surface area contributed by atoms with Crippen LogP contribution in [0.15, 0.2) is 60.8 Å². The number of carbonyl (C=O) groups excluding carboxylic acids is 2. The topological polar surface area (TPSA) is 105 Å². The zero-order chi connectivity index (χ0) is 20.6. The average molecular weight is 391 g/mol. The molecule has 0 saturated carbocycles. The van der Waals surface area contributed by atoms with Crippen LogP contribution in [0.2, 0.25) is 0 Å². The van der Waals surface area contributed by atoms with Gasteiger partial charge in [-0.3, -0.25) is 9.59 Å². The zero-order valence-corrected chi connectivity index (χ0v) is 16.1. The summed E-state index contributed by atoms with van der Waals surface area (Å²) < 4.78 is 5.39. The van der Waals surface area contributed by atoms with Crippen LogP contribution in [0.5, 0.6) is 5.75 Å². The van der Waals surface area contributed by atoms with Crippen molar-refractivity contribution in [3.63, 3.8) is 0 Å². The molecule has 0 saturated heterocycles. The Morgan fingerprint density at radius 1 is 0.966 bits per heavy atom. The summed E-state index contributed by atoms with van der Waals surface area (Å²) in [6.45, 7) is 3.93. The van der Waals surface area contributed by atoms with Crippen LogP contribution < -0.4 is 20.7 Å². The molecule has 8 heteroatoms. The van der Waals surface area contributed by atoms with Crippen LogP contribution in [-0.2, 0) is 4.79 Å². The van der Waals surface area contributed by atoms with Gasteiger partial charge < -0.3 is 20.7 Å². The van der Waals surface area contributed by atoms with Crippen LogP contribution in [0.25, 0.3) is 0 Å². The lowest BCUT2D eigenvalue weighted by Gasteiger charge is -2.09. The van der Waals surface area contributed by atoms with E-state index in [-0.39, 0.29) is 23.5 Å². The summed E-state index contributed by atoms with van der Waals surface area (Å²) in [5, 5.41) is 8.52. The third kappa shape index (κ3) is 5.77. The Kier molecular flexibility index (Phi) is 6.36. The van der Waals surface area contributed by atoms with Gasteiger partial charge in [-0.25, -0.2) is 9.97 Å². The number of anilines is 4. The van der Waals surface area contributed by atoms with Crippen LogP contribution >= 0.6 is 0 Å². The van der Waals surface area contributed by atoms with Gasteiger partial charge in [-0.15, -0.1) is 0 Å². The van der Waals surface area contributed by atoms with E-state index >= 15 is 0 Å². The molecule has 148 valence electrons. The predicted octanol–water partition coefficient (Wildman–Crippen LogP) is 3.83. The number of rotatable bonds is 7. The monoisotopic (exact) mass is 391 g/mol. The zero-order valence-electron chi connectivity index (χ0n) is 16.1. The van der Waals surface area contributed by atoms with Gasteiger partial charge in [0.2, 0.25) is 11.9 Å². The van der Waals surface area contributed by atoms with Crippen LogP contribution in [0.1, 0.15) is 24.3 Å². The lowest BCUT2D eigenvalue weighted by Crippen LogP contribution is -2.14. The molecular formula is C21H21N5O3. The van der Waals surface area contributed by atoms with E-state index in [4.69, 9.17) is 4.74 Å². The van der Waals surface area contributed by atoms with E-state index in [1.165, 1.54) is 19.2 Å². The van der Waals surface area contributed by atoms with E-state index in [1.54, 1.807) is 48.5 Å². The van der Waals surface area contributed by atoms with Gasteiger partial charge in [0.15, 0.2) is 0 Å². The molecule has 0 aliphatic carbocycles. The van der Waals surface area contributed by atoms with Crippen LogP contribution in [0.4, 0.5) is 23.0 Å². The fraction of sp³-hybridized carbons (Fsp3) is 0.143. The first-order chi connectivity index (χ1) is 14.0. The fourth-order valence-corrected chi connectivity index (χ4v) is 2.55. The third-order valence-electron chi connectivity index (χ3n) is 3.75. The number of ether oxygens (including phenoxy) is 1. The average Bonchev–Trinajstić information content (AvgIpc) is 2.70. The standard InChI is InChI=1S/C21H21N5O3/c1-3-29-18-9-7-15(8-10-18)24-20(28)19-11-12-22-21(26-19)25-17-6-4-5-16(13-17)23-14(2)27/h4-13H,3H2,1-2H3,(H,23,27)(H,24,28)(H,22,25,26). The Morgan fingerprint density at radius 2 is 1.72 bits per heavy atom. The number of amides is 2. The number of benzene rings is 2. The quantitative estimate of drug-likeness (QED) is 0.565. The van der Waals surface area contributed by atoms with Gasteiger partial charge in [0.1, 0.15) is 11.4 Å². The van der Waals surface area contributed by atoms with Crippen LogP contribution in [0, 0.1) is 0 Å². The van der Waals surface area contributed by atoms with Crippen molar-refractivity contribution in [1.82, 2.24) is 9.97 Å². The maximum Gasteiger partial charge on any atom is 0.274 e. The first-order valence-corrected chi connectivity index (χ1v) is 9.05. The van der Waals surface area contributed by atoms with Gasteiger partial charge in [0.25, 0.3) is 5.91 Å². The van der Waals surface area contributed by atoms with E-state index in [0.29, 0.717) is 23.7 Å². The number of aromatic nitrogens is 2. The van der Waals surface area contributed by atoms with Crippen LogP contribution in [0.3, 0.4) is 0 Å². The van der Waals surface area contributed by atoms with Crippen molar-refractivity contribution in [2.45, 2.75) is 13.8 Å². The molecule has 3 N–H and O–H groups in total. The Balaban J connectivity index is 1.68. The number of nitrogens with one attached hydrogen (secondary N) is 3. The Labute approximate surface area is 168 Å². The highest BCUT2D eigenvalue weighted by molar-refractivity contribution is 6.03. The molecular weight excluding hydrogens is 370 g/mol. The molecule has 0 bridgehead atoms. The summed E-state index contributed by atoms with van der Waals surface area (Å²) >= 11 is 0. The second kappa shape index (κ2) is 9.32. The minimum Gasteiger partial charge on any atom is -0.494 e. The van der Waals surface area contributed by atoms with Gasteiger partial charge >= 0.3 is 0 Å². The lowest BCUT2D eigenvalue weighted by atomic mass is 10.2. The van der Waals surface area contributed by atoms with Crippen molar-refractivity contribution in [2.24, 2.45) is 0 Å². The molecule has 2 aromatic carbocycles. The summed E-state index contributed by atoms with van der Waals surface area (Å²) in [6.07, 6.45) is 1.50. The number of hydrogen-bond donors (Lipinski definition) is 3. The minimum absolute atomic E-state index is 0.161. The van der Waals surface area contributed by atoms with Crippen molar-refractivity contribution in [1.29, 1.82) is 0 Å². The van der Waals surface area contributed by atoms with Crippen molar-refractivity contribution >= 4 is 34.8 Å². The molecule has 0 spiro atoms. The van der Waals surface area contributed by atoms with Gasteiger partial charge in [0, 0.05) is 30.2 Å². The first-order valence-electron chi connectivity index (χ1n) is 9.05. The Morgan fingerprint density at radius 3 is 2.45 bits per heavy atom. The maximum atomic E-state index is 12.5. The van der Waals surface area contributed by atoms with E-state index in [9.17, 15) is 9.59 Å². The summed E-state index contributed by atoms with van der Waals surface area (Å²) in [5.74, 6) is 0.489. The molecule has 29 heavy (non-hydrogen) atoms. The van der Waals surface area contributed by atoms with Crippen molar-refractivity contribution < 1.29 is 14.3 Å². The number of carbonyl (C=O) groups is 2. The summed E-state index contributed by atoms with van der Waals surface area (Å²) in [6, 6.07) is 15.7. The Bertz CT molecular complexity index is 1010. The molecule has 3 rings (SSSR count). The molecule has 2 amide bonds. The molecule has 0 radical (unpaired) electrons. The van der Waals surface area contributed by atoms with Gasteiger partial charge in [-0.2, -0.15) is 0 Å². The molecule has 3 aromatic rings. The molecule has 1 aromatic heterocycles. The van der Waals surface area contributed by atoms with E-state index in [1.807, 2.05) is 6.92 Å². The normalized spacial score (nSPS) is 10.1. The predicted molar refractivity (Wildman–Crippen MR) is 112 cm³/mol. The third-order valence-corrected chi connectivity index (χ3v) is 3.75. The summed E-state index contributed by atoms with van der Waals surface area (Å²) in [7, 11) is 0.